The molecule has 0 spiro atoms. The number of hydrogen-bond acceptors (Lipinski definition) is 5. The molecule has 5 nitrogen and oxygen atoms in total. The molecule has 2 heterocycles. The van der Waals surface area contributed by atoms with Crippen LogP contribution in [-0.4, -0.2) is 17.5 Å². The van der Waals surface area contributed by atoms with Crippen molar-refractivity contribution < 1.29 is 13.7 Å². The van der Waals surface area contributed by atoms with Crippen molar-refractivity contribution in [2.45, 2.75) is 0 Å². The van der Waals surface area contributed by atoms with Crippen LogP contribution in [0.2, 0.25) is 5.02 Å². The highest BCUT2D eigenvalue weighted by molar-refractivity contribution is 6.30. The van der Waals surface area contributed by atoms with Crippen LogP contribution < -0.4 is 5.32 Å². The van der Waals surface area contributed by atoms with Gasteiger partial charge in [0.2, 0.25) is 11.7 Å². The normalized spacial score (nSPS) is 10.9. The van der Waals surface area contributed by atoms with Crippen LogP contribution in [0.1, 0.15) is 10.6 Å². The first-order valence-electron chi connectivity index (χ1n) is 7.67. The number of Topliss-reactive ketones (excluding diaryl/α,β-unsaturated/α-hetero) is 1. The summed E-state index contributed by atoms with van der Waals surface area (Å²) in [5.74, 6) is 0.557. The van der Waals surface area contributed by atoms with Gasteiger partial charge in [-0.05, 0) is 24.3 Å². The Morgan fingerprint density at radius 1 is 1.08 bits per heavy atom. The summed E-state index contributed by atoms with van der Waals surface area (Å²) in [5, 5.41) is 8.46. The van der Waals surface area contributed by atoms with Gasteiger partial charge in [0.25, 0.3) is 0 Å². The lowest BCUT2D eigenvalue weighted by atomic mass is 10.1. The SMILES string of the molecule is O=C(CNc1cc(-c2ccc(Cl)cc2)no1)c1cc2ccccc2o1. The number of aromatic nitrogens is 1. The molecule has 0 aliphatic rings. The Hall–Kier alpha value is -3.05. The maximum absolute atomic E-state index is 12.3. The van der Waals surface area contributed by atoms with E-state index in [4.69, 9.17) is 20.5 Å². The zero-order valence-corrected chi connectivity index (χ0v) is 13.8. The lowest BCUT2D eigenvalue weighted by Gasteiger charge is -1.98. The van der Waals surface area contributed by atoms with E-state index in [1.54, 1.807) is 24.3 Å². The highest BCUT2D eigenvalue weighted by Crippen LogP contribution is 2.23. The van der Waals surface area contributed by atoms with Crippen LogP contribution >= 0.6 is 11.6 Å². The highest BCUT2D eigenvalue weighted by atomic mass is 35.5. The molecule has 25 heavy (non-hydrogen) atoms. The van der Waals surface area contributed by atoms with Crippen molar-refractivity contribution in [2.75, 3.05) is 11.9 Å². The van der Waals surface area contributed by atoms with E-state index in [-0.39, 0.29) is 12.3 Å². The van der Waals surface area contributed by atoms with E-state index in [1.807, 2.05) is 36.4 Å². The van der Waals surface area contributed by atoms with Crippen molar-refractivity contribution in [3.63, 3.8) is 0 Å². The Labute approximate surface area is 148 Å². The third-order valence-electron chi connectivity index (χ3n) is 3.77. The summed E-state index contributed by atoms with van der Waals surface area (Å²) in [5.41, 5.74) is 2.23. The highest BCUT2D eigenvalue weighted by Gasteiger charge is 2.13. The number of fused-ring (bicyclic) bond motifs is 1. The van der Waals surface area contributed by atoms with Gasteiger partial charge in [-0.15, -0.1) is 0 Å². The van der Waals surface area contributed by atoms with E-state index in [0.717, 1.165) is 10.9 Å². The summed E-state index contributed by atoms with van der Waals surface area (Å²) in [6.45, 7) is 0.0507. The van der Waals surface area contributed by atoms with Crippen LogP contribution in [0.25, 0.3) is 22.2 Å². The molecule has 6 heteroatoms. The predicted octanol–water partition coefficient (Wildman–Crippen LogP) is 5.04. The van der Waals surface area contributed by atoms with E-state index in [0.29, 0.717) is 27.9 Å². The van der Waals surface area contributed by atoms with E-state index >= 15 is 0 Å². The van der Waals surface area contributed by atoms with Gasteiger partial charge >= 0.3 is 0 Å². The summed E-state index contributed by atoms with van der Waals surface area (Å²) in [6.07, 6.45) is 0. The Morgan fingerprint density at radius 2 is 1.88 bits per heavy atom. The average molecular weight is 353 g/mol. The largest absolute Gasteiger partial charge is 0.453 e. The quantitative estimate of drug-likeness (QED) is 0.510. The molecule has 0 unspecified atom stereocenters. The molecule has 4 aromatic rings. The van der Waals surface area contributed by atoms with Crippen LogP contribution in [0.5, 0.6) is 0 Å². The number of rotatable bonds is 5. The molecule has 0 fully saturated rings. The van der Waals surface area contributed by atoms with Crippen molar-refractivity contribution in [1.82, 2.24) is 5.16 Å². The van der Waals surface area contributed by atoms with E-state index < -0.39 is 0 Å². The lowest BCUT2D eigenvalue weighted by molar-refractivity contribution is 0.0981. The van der Waals surface area contributed by atoms with Crippen molar-refractivity contribution in [1.29, 1.82) is 0 Å². The molecule has 0 aliphatic carbocycles. The van der Waals surface area contributed by atoms with E-state index in [2.05, 4.69) is 10.5 Å². The molecule has 0 saturated heterocycles. The summed E-state index contributed by atoms with van der Waals surface area (Å²) in [6, 6.07) is 18.2. The van der Waals surface area contributed by atoms with Gasteiger partial charge in [0.1, 0.15) is 11.3 Å². The number of carbonyl (C=O) groups excluding carboxylic acids is 1. The van der Waals surface area contributed by atoms with Crippen LogP contribution in [0.4, 0.5) is 5.88 Å². The first kappa shape index (κ1) is 15.5. The second-order valence-corrected chi connectivity index (χ2v) is 5.94. The van der Waals surface area contributed by atoms with Crippen molar-refractivity contribution in [3.05, 3.63) is 71.4 Å². The minimum Gasteiger partial charge on any atom is -0.453 e. The molecule has 2 aromatic carbocycles. The monoisotopic (exact) mass is 352 g/mol. The number of para-hydroxylation sites is 1. The topological polar surface area (TPSA) is 68.3 Å². The minimum atomic E-state index is -0.166. The van der Waals surface area contributed by atoms with Gasteiger partial charge in [-0.25, -0.2) is 0 Å². The zero-order chi connectivity index (χ0) is 17.2. The summed E-state index contributed by atoms with van der Waals surface area (Å²) >= 11 is 5.87. The number of furan rings is 1. The first-order valence-corrected chi connectivity index (χ1v) is 8.05. The minimum absolute atomic E-state index is 0.0507. The zero-order valence-electron chi connectivity index (χ0n) is 13.0. The summed E-state index contributed by atoms with van der Waals surface area (Å²) in [4.78, 5) is 12.3. The van der Waals surface area contributed by atoms with Crippen LogP contribution in [-0.2, 0) is 0 Å². The molecule has 0 aliphatic heterocycles. The Morgan fingerprint density at radius 3 is 2.68 bits per heavy atom. The van der Waals surface area contributed by atoms with Gasteiger partial charge in [-0.3, -0.25) is 4.79 Å². The Bertz CT molecular complexity index is 1000. The fourth-order valence-electron chi connectivity index (χ4n) is 2.49. The van der Waals surface area contributed by atoms with Gasteiger partial charge in [-0.1, -0.05) is 47.1 Å². The number of benzene rings is 2. The standard InChI is InChI=1S/C19H13ClN2O3/c20-14-7-5-12(6-8-14)15-10-19(25-22-15)21-11-16(23)18-9-13-3-1-2-4-17(13)24-18/h1-10,21H,11H2. The number of ketones is 1. The average Bonchev–Trinajstić information content (AvgIpc) is 3.27. The number of anilines is 1. The summed E-state index contributed by atoms with van der Waals surface area (Å²) in [7, 11) is 0. The number of halogens is 1. The molecular weight excluding hydrogens is 340 g/mol. The van der Waals surface area contributed by atoms with Gasteiger partial charge in [0.15, 0.2) is 5.76 Å². The second-order valence-electron chi connectivity index (χ2n) is 5.51. The van der Waals surface area contributed by atoms with Gasteiger partial charge in [-0.2, -0.15) is 0 Å². The Balaban J connectivity index is 1.44. The maximum atomic E-state index is 12.3. The van der Waals surface area contributed by atoms with E-state index in [1.165, 1.54) is 0 Å². The Kier molecular flexibility index (Phi) is 3.99. The number of hydrogen-bond donors (Lipinski definition) is 1. The molecule has 1 N–H and O–H groups in total. The molecule has 0 saturated carbocycles. The first-order chi connectivity index (χ1) is 12.2. The lowest BCUT2D eigenvalue weighted by Crippen LogP contribution is -2.12. The molecule has 0 radical (unpaired) electrons. The number of nitrogens with one attached hydrogen (secondary N) is 1. The van der Waals surface area contributed by atoms with Crippen LogP contribution in [0.15, 0.2) is 69.6 Å². The molecule has 0 amide bonds. The molecular formula is C19H13ClN2O3. The van der Waals surface area contributed by atoms with Crippen molar-refractivity contribution in [3.8, 4) is 11.3 Å². The fourth-order valence-corrected chi connectivity index (χ4v) is 2.62. The van der Waals surface area contributed by atoms with Crippen molar-refractivity contribution in [2.24, 2.45) is 0 Å². The van der Waals surface area contributed by atoms with Gasteiger partial charge < -0.3 is 14.3 Å². The summed E-state index contributed by atoms with van der Waals surface area (Å²) < 4.78 is 10.8. The molecule has 4 rings (SSSR count). The molecule has 2 aromatic heterocycles. The van der Waals surface area contributed by atoms with Gasteiger partial charge in [0.05, 0.1) is 6.54 Å². The van der Waals surface area contributed by atoms with Crippen LogP contribution in [0, 0.1) is 0 Å². The van der Waals surface area contributed by atoms with Gasteiger partial charge in [0, 0.05) is 22.0 Å². The van der Waals surface area contributed by atoms with Crippen molar-refractivity contribution >= 4 is 34.2 Å². The maximum Gasteiger partial charge on any atom is 0.225 e. The molecule has 0 bridgehead atoms. The van der Waals surface area contributed by atoms with E-state index in [9.17, 15) is 4.79 Å². The number of nitrogens with zero attached hydrogens (tertiary/aromatic N) is 1. The van der Waals surface area contributed by atoms with Crippen LogP contribution in [0.3, 0.4) is 0 Å². The smallest absolute Gasteiger partial charge is 0.225 e. The fraction of sp³-hybridized carbons (Fsp3) is 0.0526. The predicted molar refractivity (Wildman–Crippen MR) is 96.0 cm³/mol. The third-order valence-corrected chi connectivity index (χ3v) is 4.03. The molecule has 0 atom stereocenters. The third kappa shape index (κ3) is 3.27. The molecule has 124 valence electrons. The second kappa shape index (κ2) is 6.45. The number of carbonyl (C=O) groups is 1.